The van der Waals surface area contributed by atoms with Crippen molar-refractivity contribution in [3.8, 4) is 0 Å². The highest BCUT2D eigenvalue weighted by atomic mass is 19.4. The molecular formula is C11H10F3N3O. The normalized spacial score (nSPS) is 11.8. The molecule has 0 bridgehead atoms. The third-order valence-electron chi connectivity index (χ3n) is 2.45. The van der Waals surface area contributed by atoms with Gasteiger partial charge in [0.25, 0.3) is 5.91 Å². The van der Waals surface area contributed by atoms with Crippen molar-refractivity contribution in [1.29, 1.82) is 0 Å². The number of alkyl halides is 3. The van der Waals surface area contributed by atoms with Crippen molar-refractivity contribution in [3.05, 3.63) is 30.0 Å². The number of halogens is 3. The number of hydrogen-bond acceptors (Lipinski definition) is 2. The van der Waals surface area contributed by atoms with Crippen LogP contribution in [0.15, 0.2) is 24.4 Å². The zero-order valence-corrected chi connectivity index (χ0v) is 9.45. The van der Waals surface area contributed by atoms with Crippen LogP contribution < -0.4 is 0 Å². The molecule has 4 nitrogen and oxygen atoms in total. The van der Waals surface area contributed by atoms with Gasteiger partial charge in [-0.1, -0.05) is 6.07 Å². The van der Waals surface area contributed by atoms with Crippen LogP contribution in [0.1, 0.15) is 10.4 Å². The first-order chi connectivity index (χ1) is 8.37. The Morgan fingerprint density at radius 2 is 2.17 bits per heavy atom. The van der Waals surface area contributed by atoms with Gasteiger partial charge in [-0.25, -0.2) is 0 Å². The van der Waals surface area contributed by atoms with Gasteiger partial charge in [0.2, 0.25) is 0 Å². The van der Waals surface area contributed by atoms with Crippen molar-refractivity contribution >= 4 is 16.8 Å². The van der Waals surface area contributed by atoms with Crippen molar-refractivity contribution in [2.45, 2.75) is 6.18 Å². The van der Waals surface area contributed by atoms with Crippen LogP contribution in [0.2, 0.25) is 0 Å². The molecule has 1 aromatic heterocycles. The van der Waals surface area contributed by atoms with Gasteiger partial charge in [0.15, 0.2) is 0 Å². The molecule has 0 aliphatic carbocycles. The molecule has 2 aromatic rings. The topological polar surface area (TPSA) is 49.0 Å². The van der Waals surface area contributed by atoms with Crippen LogP contribution >= 0.6 is 0 Å². The van der Waals surface area contributed by atoms with Crippen LogP contribution in [-0.2, 0) is 0 Å². The number of fused-ring (bicyclic) bond motifs is 1. The van der Waals surface area contributed by atoms with E-state index in [-0.39, 0.29) is 5.56 Å². The van der Waals surface area contributed by atoms with E-state index in [0.717, 1.165) is 12.4 Å². The number of nitrogens with one attached hydrogen (secondary N) is 1. The lowest BCUT2D eigenvalue weighted by atomic mass is 10.1. The fourth-order valence-corrected chi connectivity index (χ4v) is 1.63. The van der Waals surface area contributed by atoms with Crippen molar-refractivity contribution in [2.24, 2.45) is 0 Å². The lowest BCUT2D eigenvalue weighted by molar-refractivity contribution is -0.138. The van der Waals surface area contributed by atoms with E-state index in [2.05, 4.69) is 10.2 Å². The van der Waals surface area contributed by atoms with Crippen LogP contribution in [0.25, 0.3) is 10.9 Å². The largest absolute Gasteiger partial charge is 0.406 e. The van der Waals surface area contributed by atoms with Crippen molar-refractivity contribution in [2.75, 3.05) is 13.6 Å². The number of aromatic amines is 1. The SMILES string of the molecule is CN(CC(F)(F)F)C(=O)c1ccc2cn[nH]c2c1. The molecule has 1 amide bonds. The second kappa shape index (κ2) is 4.32. The second-order valence-electron chi connectivity index (χ2n) is 3.95. The lowest BCUT2D eigenvalue weighted by Gasteiger charge is -2.18. The van der Waals surface area contributed by atoms with Crippen molar-refractivity contribution < 1.29 is 18.0 Å². The number of rotatable bonds is 2. The minimum absolute atomic E-state index is 0.193. The van der Waals surface area contributed by atoms with Crippen molar-refractivity contribution in [1.82, 2.24) is 15.1 Å². The molecule has 1 N–H and O–H groups in total. The molecule has 0 spiro atoms. The maximum atomic E-state index is 12.2. The van der Waals surface area contributed by atoms with Gasteiger partial charge in [-0.3, -0.25) is 9.89 Å². The summed E-state index contributed by atoms with van der Waals surface area (Å²) in [6.07, 6.45) is -2.83. The number of carbonyl (C=O) groups excluding carboxylic acids is 1. The average Bonchev–Trinajstić information content (AvgIpc) is 2.72. The molecule has 2 rings (SSSR count). The van der Waals surface area contributed by atoms with E-state index < -0.39 is 18.6 Å². The summed E-state index contributed by atoms with van der Waals surface area (Å²) in [5.41, 5.74) is 0.805. The van der Waals surface area contributed by atoms with Gasteiger partial charge in [0.05, 0.1) is 11.7 Å². The van der Waals surface area contributed by atoms with Crippen LogP contribution in [0, 0.1) is 0 Å². The molecular weight excluding hydrogens is 247 g/mol. The maximum absolute atomic E-state index is 12.2. The Kier molecular flexibility index (Phi) is 2.98. The van der Waals surface area contributed by atoms with Gasteiger partial charge in [-0.05, 0) is 12.1 Å². The summed E-state index contributed by atoms with van der Waals surface area (Å²) < 4.78 is 36.5. The monoisotopic (exact) mass is 257 g/mol. The lowest BCUT2D eigenvalue weighted by Crippen LogP contribution is -2.35. The van der Waals surface area contributed by atoms with E-state index in [4.69, 9.17) is 0 Å². The molecule has 1 heterocycles. The molecule has 0 saturated carbocycles. The Balaban J connectivity index is 2.22. The zero-order chi connectivity index (χ0) is 13.3. The third-order valence-corrected chi connectivity index (χ3v) is 2.45. The minimum atomic E-state index is -4.40. The van der Waals surface area contributed by atoms with E-state index in [1.807, 2.05) is 0 Å². The Bertz CT molecular complexity index is 576. The summed E-state index contributed by atoms with van der Waals surface area (Å²) in [6.45, 7) is -1.27. The second-order valence-corrected chi connectivity index (χ2v) is 3.95. The molecule has 1 aromatic carbocycles. The van der Waals surface area contributed by atoms with E-state index in [1.165, 1.54) is 12.1 Å². The molecule has 0 fully saturated rings. The van der Waals surface area contributed by atoms with E-state index in [9.17, 15) is 18.0 Å². The highest BCUT2D eigenvalue weighted by Gasteiger charge is 2.31. The number of benzene rings is 1. The van der Waals surface area contributed by atoms with Crippen LogP contribution in [0.5, 0.6) is 0 Å². The standard InChI is InChI=1S/C11H10F3N3O/c1-17(6-11(12,13)14)10(18)7-2-3-8-5-15-16-9(8)4-7/h2-5H,6H2,1H3,(H,15,16). The van der Waals surface area contributed by atoms with E-state index in [0.29, 0.717) is 10.4 Å². The first kappa shape index (κ1) is 12.4. The number of amides is 1. The fourth-order valence-electron chi connectivity index (χ4n) is 1.63. The summed E-state index contributed by atoms with van der Waals surface area (Å²) >= 11 is 0. The summed E-state index contributed by atoms with van der Waals surface area (Å²) in [4.78, 5) is 12.4. The number of nitrogens with zero attached hydrogens (tertiary/aromatic N) is 2. The smallest absolute Gasteiger partial charge is 0.333 e. The number of H-pyrrole nitrogens is 1. The Hall–Kier alpha value is -2.05. The Morgan fingerprint density at radius 1 is 1.44 bits per heavy atom. The van der Waals surface area contributed by atoms with Gasteiger partial charge in [0.1, 0.15) is 6.54 Å². The molecule has 0 radical (unpaired) electrons. The van der Waals surface area contributed by atoms with Gasteiger partial charge in [0, 0.05) is 18.0 Å². The van der Waals surface area contributed by atoms with E-state index >= 15 is 0 Å². The van der Waals surface area contributed by atoms with Gasteiger partial charge < -0.3 is 4.90 Å². The van der Waals surface area contributed by atoms with Crippen molar-refractivity contribution in [3.63, 3.8) is 0 Å². The van der Waals surface area contributed by atoms with Crippen LogP contribution in [-0.4, -0.2) is 40.8 Å². The van der Waals surface area contributed by atoms with Gasteiger partial charge in [-0.15, -0.1) is 0 Å². The summed E-state index contributed by atoms with van der Waals surface area (Å²) in [6, 6.07) is 4.60. The predicted octanol–water partition coefficient (Wildman–Crippen LogP) is 2.20. The molecule has 96 valence electrons. The maximum Gasteiger partial charge on any atom is 0.406 e. The first-order valence-electron chi connectivity index (χ1n) is 5.12. The molecule has 0 saturated heterocycles. The predicted molar refractivity (Wildman–Crippen MR) is 59.1 cm³/mol. The number of carbonyl (C=O) groups is 1. The molecule has 0 atom stereocenters. The molecule has 0 aliphatic rings. The van der Waals surface area contributed by atoms with E-state index in [1.54, 1.807) is 12.3 Å². The van der Waals surface area contributed by atoms with Gasteiger partial charge >= 0.3 is 6.18 Å². The zero-order valence-electron chi connectivity index (χ0n) is 9.45. The third kappa shape index (κ3) is 2.61. The fraction of sp³-hybridized carbons (Fsp3) is 0.273. The Labute approximate surface area is 100 Å². The number of aromatic nitrogens is 2. The highest BCUT2D eigenvalue weighted by Crippen LogP contribution is 2.18. The molecule has 7 heteroatoms. The summed E-state index contributed by atoms with van der Waals surface area (Å²) in [7, 11) is 1.12. The molecule has 18 heavy (non-hydrogen) atoms. The quantitative estimate of drug-likeness (QED) is 0.896. The first-order valence-corrected chi connectivity index (χ1v) is 5.12. The van der Waals surface area contributed by atoms with Gasteiger partial charge in [-0.2, -0.15) is 18.3 Å². The van der Waals surface area contributed by atoms with Crippen LogP contribution in [0.4, 0.5) is 13.2 Å². The van der Waals surface area contributed by atoms with Crippen LogP contribution in [0.3, 0.4) is 0 Å². The Morgan fingerprint density at radius 3 is 2.83 bits per heavy atom. The minimum Gasteiger partial charge on any atom is -0.333 e. The summed E-state index contributed by atoms with van der Waals surface area (Å²) in [5, 5.41) is 7.23. The summed E-state index contributed by atoms with van der Waals surface area (Å²) in [5.74, 6) is -0.677. The number of hydrogen-bond donors (Lipinski definition) is 1. The molecule has 0 aliphatic heterocycles. The highest BCUT2D eigenvalue weighted by molar-refractivity contribution is 5.97. The molecule has 0 unspecified atom stereocenters. The average molecular weight is 257 g/mol.